The molecule has 2 N–H and O–H groups in total. The van der Waals surface area contributed by atoms with Crippen molar-refractivity contribution < 1.29 is 4.79 Å². The topological polar surface area (TPSA) is 46.3 Å². The van der Waals surface area contributed by atoms with E-state index < -0.39 is 0 Å². The molecule has 0 radical (unpaired) electrons. The van der Waals surface area contributed by atoms with Gasteiger partial charge in [-0.1, -0.05) is 30.2 Å². The third kappa shape index (κ3) is 5.43. The molecule has 0 aliphatic rings. The molecule has 106 valence electrons. The Labute approximate surface area is 116 Å². The molecule has 1 aromatic rings. The molecule has 0 unspecified atom stereocenters. The molecular formula is C16H26N2O. The molecule has 0 aliphatic heterocycles. The minimum atomic E-state index is 0.219. The predicted molar refractivity (Wildman–Crippen MR) is 79.9 cm³/mol. The van der Waals surface area contributed by atoms with Crippen LogP contribution in [0.5, 0.6) is 0 Å². The summed E-state index contributed by atoms with van der Waals surface area (Å²) < 4.78 is 0. The van der Waals surface area contributed by atoms with Crippen LogP contribution < -0.4 is 5.73 Å². The van der Waals surface area contributed by atoms with Crippen molar-refractivity contribution in [2.75, 3.05) is 13.6 Å². The lowest BCUT2D eigenvalue weighted by molar-refractivity contribution is -0.130. The van der Waals surface area contributed by atoms with E-state index in [0.717, 1.165) is 19.3 Å². The lowest BCUT2D eigenvalue weighted by Gasteiger charge is -2.19. The van der Waals surface area contributed by atoms with Gasteiger partial charge in [0.15, 0.2) is 0 Å². The number of amides is 1. The minimum absolute atomic E-state index is 0.219. The molecule has 0 heterocycles. The van der Waals surface area contributed by atoms with Gasteiger partial charge in [-0.2, -0.15) is 0 Å². The highest BCUT2D eigenvalue weighted by Gasteiger charge is 2.10. The van der Waals surface area contributed by atoms with Crippen LogP contribution in [0.15, 0.2) is 18.2 Å². The van der Waals surface area contributed by atoms with Crippen molar-refractivity contribution in [2.45, 2.75) is 46.1 Å². The van der Waals surface area contributed by atoms with E-state index in [4.69, 9.17) is 5.73 Å². The highest BCUT2D eigenvalue weighted by Crippen LogP contribution is 2.13. The van der Waals surface area contributed by atoms with Crippen LogP contribution >= 0.6 is 0 Å². The third-order valence-electron chi connectivity index (χ3n) is 3.43. The molecule has 0 bridgehead atoms. The van der Waals surface area contributed by atoms with Gasteiger partial charge in [-0.05, 0) is 44.4 Å². The Balaban J connectivity index is 2.45. The minimum Gasteiger partial charge on any atom is -0.341 e. The van der Waals surface area contributed by atoms with E-state index in [0.29, 0.717) is 19.5 Å². The molecule has 0 saturated carbocycles. The molecule has 0 aromatic heterocycles. The van der Waals surface area contributed by atoms with Gasteiger partial charge < -0.3 is 10.6 Å². The number of nitrogens with zero attached hydrogens (tertiary/aromatic N) is 1. The molecule has 0 atom stereocenters. The molecule has 0 fully saturated rings. The van der Waals surface area contributed by atoms with Crippen molar-refractivity contribution in [3.8, 4) is 0 Å². The van der Waals surface area contributed by atoms with E-state index in [1.165, 1.54) is 16.7 Å². The summed E-state index contributed by atoms with van der Waals surface area (Å²) in [7, 11) is 1.88. The second-order valence-electron chi connectivity index (χ2n) is 5.28. The van der Waals surface area contributed by atoms with E-state index in [9.17, 15) is 4.79 Å². The Kier molecular flexibility index (Phi) is 6.57. The van der Waals surface area contributed by atoms with Crippen LogP contribution in [0.3, 0.4) is 0 Å². The maximum Gasteiger partial charge on any atom is 0.222 e. The summed E-state index contributed by atoms with van der Waals surface area (Å²) in [6.07, 6.45) is 3.61. The third-order valence-corrected chi connectivity index (χ3v) is 3.43. The molecule has 1 rings (SSSR count). The first-order chi connectivity index (χ1) is 9.04. The Morgan fingerprint density at radius 1 is 1.21 bits per heavy atom. The number of rotatable bonds is 7. The van der Waals surface area contributed by atoms with Gasteiger partial charge in [0.2, 0.25) is 5.91 Å². The van der Waals surface area contributed by atoms with Crippen molar-refractivity contribution in [3.63, 3.8) is 0 Å². The number of hydrogen-bond acceptors (Lipinski definition) is 2. The predicted octanol–water partition coefficient (Wildman–Crippen LogP) is 2.78. The summed E-state index contributed by atoms with van der Waals surface area (Å²) in [5, 5.41) is 0. The molecule has 3 nitrogen and oxygen atoms in total. The van der Waals surface area contributed by atoms with E-state index in [2.05, 4.69) is 32.0 Å². The molecule has 3 heteroatoms. The Morgan fingerprint density at radius 3 is 2.58 bits per heavy atom. The van der Waals surface area contributed by atoms with E-state index >= 15 is 0 Å². The number of carbonyl (C=O) groups excluding carboxylic acids is 1. The Bertz CT molecular complexity index is 415. The van der Waals surface area contributed by atoms with Gasteiger partial charge in [0.25, 0.3) is 0 Å². The van der Waals surface area contributed by atoms with Crippen LogP contribution in [-0.4, -0.2) is 24.4 Å². The maximum absolute atomic E-state index is 12.0. The van der Waals surface area contributed by atoms with Crippen molar-refractivity contribution in [1.29, 1.82) is 0 Å². The lowest BCUT2D eigenvalue weighted by atomic mass is 10.1. The highest BCUT2D eigenvalue weighted by molar-refractivity contribution is 5.75. The molecule has 1 amide bonds. The fourth-order valence-electron chi connectivity index (χ4n) is 2.16. The lowest BCUT2D eigenvalue weighted by Crippen LogP contribution is -2.26. The van der Waals surface area contributed by atoms with Crippen LogP contribution in [0.4, 0.5) is 0 Å². The monoisotopic (exact) mass is 262 g/mol. The summed E-state index contributed by atoms with van der Waals surface area (Å²) in [5.74, 6) is 0.219. The second-order valence-corrected chi connectivity index (χ2v) is 5.28. The summed E-state index contributed by atoms with van der Waals surface area (Å²) >= 11 is 0. The number of aryl methyl sites for hydroxylation is 2. The Hall–Kier alpha value is -1.35. The van der Waals surface area contributed by atoms with Crippen LogP contribution in [-0.2, 0) is 11.3 Å². The fraction of sp³-hybridized carbons (Fsp3) is 0.562. The normalized spacial score (nSPS) is 10.5. The number of hydrogen-bond donors (Lipinski definition) is 1. The molecule has 1 aromatic carbocycles. The second kappa shape index (κ2) is 7.95. The zero-order valence-corrected chi connectivity index (χ0v) is 12.4. The molecule has 0 spiro atoms. The summed E-state index contributed by atoms with van der Waals surface area (Å²) in [5.41, 5.74) is 9.18. The average molecular weight is 262 g/mol. The van der Waals surface area contributed by atoms with Gasteiger partial charge in [0.05, 0.1) is 0 Å². The molecule has 0 saturated heterocycles. The summed E-state index contributed by atoms with van der Waals surface area (Å²) in [6, 6.07) is 6.37. The van der Waals surface area contributed by atoms with E-state index in [-0.39, 0.29) is 5.91 Å². The van der Waals surface area contributed by atoms with Gasteiger partial charge in [-0.25, -0.2) is 0 Å². The standard InChI is InChI=1S/C16H26N2O/c1-13-8-9-15(14(2)11-13)12-18(3)16(19)7-5-4-6-10-17/h8-9,11H,4-7,10,12,17H2,1-3H3. The SMILES string of the molecule is Cc1ccc(CN(C)C(=O)CCCCCN)c(C)c1. The van der Waals surface area contributed by atoms with Crippen molar-refractivity contribution >= 4 is 5.91 Å². The average Bonchev–Trinajstić information content (AvgIpc) is 2.37. The first-order valence-electron chi connectivity index (χ1n) is 7.04. The van der Waals surface area contributed by atoms with Crippen LogP contribution in [0.25, 0.3) is 0 Å². The van der Waals surface area contributed by atoms with Gasteiger partial charge in [-0.3, -0.25) is 4.79 Å². The highest BCUT2D eigenvalue weighted by atomic mass is 16.2. The zero-order valence-electron chi connectivity index (χ0n) is 12.4. The van der Waals surface area contributed by atoms with Gasteiger partial charge >= 0.3 is 0 Å². The number of benzene rings is 1. The van der Waals surface area contributed by atoms with Crippen LogP contribution in [0.1, 0.15) is 42.4 Å². The van der Waals surface area contributed by atoms with Crippen molar-refractivity contribution in [3.05, 3.63) is 34.9 Å². The fourth-order valence-corrected chi connectivity index (χ4v) is 2.16. The first kappa shape index (κ1) is 15.7. The van der Waals surface area contributed by atoms with E-state index in [1.54, 1.807) is 0 Å². The van der Waals surface area contributed by atoms with Gasteiger partial charge in [0, 0.05) is 20.0 Å². The molecular weight excluding hydrogens is 236 g/mol. The zero-order chi connectivity index (χ0) is 14.3. The van der Waals surface area contributed by atoms with Crippen molar-refractivity contribution in [2.24, 2.45) is 5.73 Å². The van der Waals surface area contributed by atoms with Gasteiger partial charge in [-0.15, -0.1) is 0 Å². The van der Waals surface area contributed by atoms with Gasteiger partial charge in [0.1, 0.15) is 0 Å². The quantitative estimate of drug-likeness (QED) is 0.768. The first-order valence-corrected chi connectivity index (χ1v) is 7.04. The van der Waals surface area contributed by atoms with Crippen molar-refractivity contribution in [1.82, 2.24) is 4.90 Å². The molecule has 19 heavy (non-hydrogen) atoms. The molecule has 0 aliphatic carbocycles. The largest absolute Gasteiger partial charge is 0.341 e. The maximum atomic E-state index is 12.0. The summed E-state index contributed by atoms with van der Waals surface area (Å²) in [4.78, 5) is 13.8. The summed E-state index contributed by atoms with van der Waals surface area (Å²) in [6.45, 7) is 5.60. The number of unbranched alkanes of at least 4 members (excludes halogenated alkanes) is 2. The number of carbonyl (C=O) groups is 1. The smallest absolute Gasteiger partial charge is 0.222 e. The van der Waals surface area contributed by atoms with Crippen LogP contribution in [0.2, 0.25) is 0 Å². The Morgan fingerprint density at radius 2 is 1.95 bits per heavy atom. The number of nitrogens with two attached hydrogens (primary N) is 1. The van der Waals surface area contributed by atoms with Crippen LogP contribution in [0, 0.1) is 13.8 Å². The van der Waals surface area contributed by atoms with E-state index in [1.807, 2.05) is 11.9 Å².